The van der Waals surface area contributed by atoms with Crippen LogP contribution in [0.2, 0.25) is 0 Å². The summed E-state index contributed by atoms with van der Waals surface area (Å²) in [6.45, 7) is 2.41. The van der Waals surface area contributed by atoms with Crippen LogP contribution in [0.25, 0.3) is 0 Å². The third-order valence-corrected chi connectivity index (χ3v) is 2.70. The topological polar surface area (TPSA) is 84.5 Å². The van der Waals surface area contributed by atoms with Crippen LogP contribution >= 0.6 is 0 Å². The van der Waals surface area contributed by atoms with Crippen LogP contribution in [-0.2, 0) is 19.1 Å². The molecule has 0 aliphatic heterocycles. The van der Waals surface area contributed by atoms with E-state index in [9.17, 15) is 18.8 Å². The Morgan fingerprint density at radius 3 is 2.21 bits per heavy atom. The zero-order chi connectivity index (χ0) is 15.0. The fraction of sp³-hybridized carbons (Fsp3) is 0.750. The van der Waals surface area contributed by atoms with Gasteiger partial charge in [0, 0.05) is 0 Å². The summed E-state index contributed by atoms with van der Waals surface area (Å²) in [6.07, 6.45) is -0.375. The summed E-state index contributed by atoms with van der Waals surface area (Å²) in [5.41, 5.74) is 0. The summed E-state index contributed by atoms with van der Waals surface area (Å²) in [7, 11) is 2.77. The maximum Gasteiger partial charge on any atom is 0.308 e. The smallest absolute Gasteiger partial charge is 0.308 e. The summed E-state index contributed by atoms with van der Waals surface area (Å²) in [5, 5.41) is 5.17. The number of ketones is 1. The van der Waals surface area contributed by atoms with Gasteiger partial charge < -0.3 is 15.4 Å². The first-order chi connectivity index (χ1) is 8.87. The van der Waals surface area contributed by atoms with E-state index in [0.717, 1.165) is 7.11 Å². The molecular formula is C12H21FN2O4. The second kappa shape index (κ2) is 8.58. The number of rotatable bonds is 8. The van der Waals surface area contributed by atoms with Gasteiger partial charge in [-0.25, -0.2) is 4.39 Å². The molecule has 19 heavy (non-hydrogen) atoms. The standard InChI is InChI=1S/C12H21FN2O4/c1-7(2)11(14-3)12(18)15-8(9(16)6-13)5-10(17)19-4/h7-8,11,14H,5-6H2,1-4H3,(H,15,18)/t8?,11-/m0/s1. The molecule has 1 unspecified atom stereocenters. The van der Waals surface area contributed by atoms with Crippen molar-refractivity contribution in [2.45, 2.75) is 32.4 Å². The molecule has 0 aromatic rings. The van der Waals surface area contributed by atoms with Gasteiger partial charge in [-0.15, -0.1) is 0 Å². The minimum absolute atomic E-state index is 0.00995. The first-order valence-corrected chi connectivity index (χ1v) is 6.00. The van der Waals surface area contributed by atoms with Crippen LogP contribution < -0.4 is 10.6 Å². The van der Waals surface area contributed by atoms with Crippen molar-refractivity contribution in [3.63, 3.8) is 0 Å². The molecule has 0 aliphatic carbocycles. The van der Waals surface area contributed by atoms with Crippen LogP contribution in [0.4, 0.5) is 4.39 Å². The lowest BCUT2D eigenvalue weighted by atomic mass is 10.0. The van der Waals surface area contributed by atoms with Crippen molar-refractivity contribution in [2.24, 2.45) is 5.92 Å². The molecule has 0 fully saturated rings. The number of hydrogen-bond donors (Lipinski definition) is 2. The maximum atomic E-state index is 12.4. The molecule has 0 aromatic heterocycles. The van der Waals surface area contributed by atoms with Gasteiger partial charge in [0.1, 0.15) is 12.7 Å². The van der Waals surface area contributed by atoms with E-state index in [-0.39, 0.29) is 12.3 Å². The molecule has 0 bridgehead atoms. The summed E-state index contributed by atoms with van der Waals surface area (Å²) < 4.78 is 16.8. The number of carbonyl (C=O) groups is 3. The minimum atomic E-state index is -1.24. The van der Waals surface area contributed by atoms with Crippen molar-refractivity contribution in [1.29, 1.82) is 0 Å². The molecule has 0 aliphatic rings. The zero-order valence-corrected chi connectivity index (χ0v) is 11.7. The average molecular weight is 276 g/mol. The highest BCUT2D eigenvalue weighted by Crippen LogP contribution is 2.04. The van der Waals surface area contributed by atoms with Crippen molar-refractivity contribution in [3.05, 3.63) is 0 Å². The molecule has 0 aromatic carbocycles. The number of halogens is 1. The van der Waals surface area contributed by atoms with Gasteiger partial charge in [0.25, 0.3) is 0 Å². The Hall–Kier alpha value is -1.50. The third kappa shape index (κ3) is 5.78. The Balaban J connectivity index is 4.76. The zero-order valence-electron chi connectivity index (χ0n) is 11.7. The van der Waals surface area contributed by atoms with E-state index in [1.807, 2.05) is 13.8 Å². The van der Waals surface area contributed by atoms with Gasteiger partial charge in [-0.05, 0) is 13.0 Å². The summed E-state index contributed by atoms with van der Waals surface area (Å²) >= 11 is 0. The van der Waals surface area contributed by atoms with E-state index < -0.39 is 36.4 Å². The molecule has 110 valence electrons. The van der Waals surface area contributed by atoms with Gasteiger partial charge in [0.15, 0.2) is 5.78 Å². The Morgan fingerprint density at radius 2 is 1.84 bits per heavy atom. The number of esters is 1. The van der Waals surface area contributed by atoms with Crippen LogP contribution in [0.1, 0.15) is 20.3 Å². The average Bonchev–Trinajstić information content (AvgIpc) is 2.36. The van der Waals surface area contributed by atoms with E-state index >= 15 is 0 Å². The van der Waals surface area contributed by atoms with Crippen LogP contribution in [0.15, 0.2) is 0 Å². The van der Waals surface area contributed by atoms with Gasteiger partial charge in [0.05, 0.1) is 19.6 Å². The lowest BCUT2D eigenvalue weighted by Gasteiger charge is -2.22. The minimum Gasteiger partial charge on any atom is -0.469 e. The van der Waals surface area contributed by atoms with Crippen molar-refractivity contribution < 1.29 is 23.5 Å². The van der Waals surface area contributed by atoms with E-state index in [1.165, 1.54) is 0 Å². The lowest BCUT2D eigenvalue weighted by molar-refractivity contribution is -0.143. The van der Waals surface area contributed by atoms with Crippen LogP contribution in [0.3, 0.4) is 0 Å². The molecule has 0 heterocycles. The van der Waals surface area contributed by atoms with E-state index in [1.54, 1.807) is 7.05 Å². The van der Waals surface area contributed by atoms with Crippen molar-refractivity contribution in [1.82, 2.24) is 10.6 Å². The first-order valence-electron chi connectivity index (χ1n) is 6.00. The first kappa shape index (κ1) is 17.5. The van der Waals surface area contributed by atoms with Crippen LogP contribution in [-0.4, -0.2) is 50.6 Å². The lowest BCUT2D eigenvalue weighted by Crippen LogP contribution is -2.52. The Bertz CT molecular complexity index is 334. The molecule has 7 heteroatoms. The summed E-state index contributed by atoms with van der Waals surface area (Å²) in [6, 6.07) is -1.72. The van der Waals surface area contributed by atoms with Gasteiger partial charge in [-0.3, -0.25) is 14.4 Å². The molecule has 0 radical (unpaired) electrons. The number of ether oxygens (including phenoxy) is 1. The number of alkyl halides is 1. The fourth-order valence-corrected chi connectivity index (χ4v) is 1.62. The largest absolute Gasteiger partial charge is 0.469 e. The number of likely N-dealkylation sites (N-methyl/N-ethyl adjacent to an activating group) is 1. The number of amides is 1. The number of nitrogens with one attached hydrogen (secondary N) is 2. The molecule has 1 amide bonds. The normalized spacial score (nSPS) is 13.8. The Kier molecular flexibility index (Phi) is 7.90. The Labute approximate surface area is 112 Å². The fourth-order valence-electron chi connectivity index (χ4n) is 1.62. The van der Waals surface area contributed by atoms with Gasteiger partial charge in [0.2, 0.25) is 5.91 Å². The summed E-state index contributed by atoms with van der Waals surface area (Å²) in [5.74, 6) is -1.99. The van der Waals surface area contributed by atoms with Crippen LogP contribution in [0, 0.1) is 5.92 Å². The van der Waals surface area contributed by atoms with Gasteiger partial charge in [-0.2, -0.15) is 0 Å². The van der Waals surface area contributed by atoms with Crippen molar-refractivity contribution in [2.75, 3.05) is 20.8 Å². The molecule has 6 nitrogen and oxygen atoms in total. The van der Waals surface area contributed by atoms with Gasteiger partial charge in [-0.1, -0.05) is 13.8 Å². The third-order valence-electron chi connectivity index (χ3n) is 2.70. The predicted molar refractivity (Wildman–Crippen MR) is 67.2 cm³/mol. The molecule has 2 atom stereocenters. The molecule has 0 rings (SSSR count). The Morgan fingerprint density at radius 1 is 1.26 bits per heavy atom. The van der Waals surface area contributed by atoms with E-state index in [4.69, 9.17) is 0 Å². The monoisotopic (exact) mass is 276 g/mol. The summed E-state index contributed by atoms with van der Waals surface area (Å²) in [4.78, 5) is 34.4. The van der Waals surface area contributed by atoms with E-state index in [0.29, 0.717) is 0 Å². The molecular weight excluding hydrogens is 255 g/mol. The second-order valence-corrected chi connectivity index (χ2v) is 4.45. The van der Waals surface area contributed by atoms with E-state index in [2.05, 4.69) is 15.4 Å². The maximum absolute atomic E-state index is 12.4. The molecule has 0 spiro atoms. The number of carbonyl (C=O) groups excluding carboxylic acids is 3. The molecule has 0 saturated heterocycles. The second-order valence-electron chi connectivity index (χ2n) is 4.45. The quantitative estimate of drug-likeness (QED) is 0.601. The SMILES string of the molecule is CN[C@H](C(=O)NC(CC(=O)OC)C(=O)CF)C(C)C. The molecule has 0 saturated carbocycles. The molecule has 2 N–H and O–H groups in total. The number of methoxy groups -OCH3 is 1. The number of hydrogen-bond acceptors (Lipinski definition) is 5. The van der Waals surface area contributed by atoms with Crippen molar-refractivity contribution >= 4 is 17.7 Å². The van der Waals surface area contributed by atoms with Gasteiger partial charge >= 0.3 is 5.97 Å². The highest BCUT2D eigenvalue weighted by molar-refractivity contribution is 5.94. The number of Topliss-reactive ketones (excluding diaryl/α,β-unsaturated/α-hetero) is 1. The highest BCUT2D eigenvalue weighted by atomic mass is 19.1. The predicted octanol–water partition coefficient (Wildman–Crippen LogP) is -0.183. The van der Waals surface area contributed by atoms with Crippen LogP contribution in [0.5, 0.6) is 0 Å². The highest BCUT2D eigenvalue weighted by Gasteiger charge is 2.28. The van der Waals surface area contributed by atoms with Crippen molar-refractivity contribution in [3.8, 4) is 0 Å².